The van der Waals surface area contributed by atoms with Gasteiger partial charge in [-0.3, -0.25) is 15.0 Å². The Morgan fingerprint density at radius 2 is 1.58 bits per heavy atom. The normalized spacial score (nSPS) is 17.8. The lowest BCUT2D eigenvalue weighted by Gasteiger charge is -2.36. The molecule has 162 valence electrons. The third-order valence-electron chi connectivity index (χ3n) is 5.39. The zero-order chi connectivity index (χ0) is 22.0. The van der Waals surface area contributed by atoms with Crippen LogP contribution in [0.15, 0.2) is 71.3 Å². The smallest absolute Gasteiger partial charge is 0.271 e. The van der Waals surface area contributed by atoms with Crippen LogP contribution in [0.5, 0.6) is 0 Å². The number of benzene rings is 2. The molecule has 2 aromatic carbocycles. The van der Waals surface area contributed by atoms with Crippen molar-refractivity contribution in [2.75, 3.05) is 31.2 Å². The highest BCUT2D eigenvalue weighted by Gasteiger charge is 2.32. The van der Waals surface area contributed by atoms with Crippen LogP contribution in [0.1, 0.15) is 12.0 Å². The fourth-order valence-electron chi connectivity index (χ4n) is 3.59. The van der Waals surface area contributed by atoms with Crippen LogP contribution in [0, 0.1) is 6.92 Å². The van der Waals surface area contributed by atoms with Crippen molar-refractivity contribution in [1.29, 1.82) is 0 Å². The average molecular weight is 441 g/mol. The molecule has 0 spiro atoms. The number of piperazine rings is 1. The minimum absolute atomic E-state index is 0.116. The molecular weight excluding hydrogens is 416 g/mol. The highest BCUT2D eigenvalue weighted by Crippen LogP contribution is 2.21. The lowest BCUT2D eigenvalue weighted by Crippen LogP contribution is -2.54. The molecule has 4 rings (SSSR count). The first-order valence-electron chi connectivity index (χ1n) is 10.1. The van der Waals surface area contributed by atoms with E-state index in [2.05, 4.69) is 5.43 Å². The van der Waals surface area contributed by atoms with Gasteiger partial charge in [0.05, 0.1) is 10.6 Å². The van der Waals surface area contributed by atoms with E-state index < -0.39 is 10.0 Å². The summed E-state index contributed by atoms with van der Waals surface area (Å²) in [4.78, 5) is 27.1. The minimum Gasteiger partial charge on any atom is -0.335 e. The first kappa shape index (κ1) is 21.1. The van der Waals surface area contributed by atoms with Crippen LogP contribution in [0.25, 0.3) is 0 Å². The number of nitrogens with one attached hydrogen (secondary N) is 1. The summed E-state index contributed by atoms with van der Waals surface area (Å²) in [6, 6.07) is 15.8. The molecule has 2 amide bonds. The highest BCUT2D eigenvalue weighted by molar-refractivity contribution is 7.89. The Kier molecular flexibility index (Phi) is 5.79. The first-order chi connectivity index (χ1) is 14.9. The molecule has 0 atom stereocenters. The van der Waals surface area contributed by atoms with E-state index in [-0.39, 0.29) is 49.3 Å². The zero-order valence-electron chi connectivity index (χ0n) is 17.2. The van der Waals surface area contributed by atoms with E-state index in [9.17, 15) is 18.0 Å². The van der Waals surface area contributed by atoms with Gasteiger partial charge in [-0.2, -0.15) is 4.31 Å². The molecule has 0 bridgehead atoms. The minimum atomic E-state index is -3.59. The van der Waals surface area contributed by atoms with Crippen LogP contribution >= 0.6 is 0 Å². The zero-order valence-corrected chi connectivity index (χ0v) is 18.0. The predicted molar refractivity (Wildman–Crippen MR) is 116 cm³/mol. The molecule has 0 radical (unpaired) electrons. The largest absolute Gasteiger partial charge is 0.335 e. The number of hydrazine groups is 1. The summed E-state index contributed by atoms with van der Waals surface area (Å²) in [5.41, 5.74) is 4.87. The second-order valence-electron chi connectivity index (χ2n) is 7.51. The highest BCUT2D eigenvalue weighted by atomic mass is 32.2. The SMILES string of the molecule is Cc1ccc(S(=O)(=O)N2CCN(C(=O)C3=CCC(=O)N(c4ccccc4)N3)CC2)cc1. The molecular formula is C22H24N4O4S. The van der Waals surface area contributed by atoms with Gasteiger partial charge in [-0.1, -0.05) is 35.9 Å². The van der Waals surface area contributed by atoms with Crippen LogP contribution in [0.4, 0.5) is 5.69 Å². The van der Waals surface area contributed by atoms with Gasteiger partial charge in [0.2, 0.25) is 15.9 Å². The summed E-state index contributed by atoms with van der Waals surface area (Å²) in [6.07, 6.45) is 1.70. The lowest BCUT2D eigenvalue weighted by atomic mass is 10.2. The molecule has 1 saturated heterocycles. The van der Waals surface area contributed by atoms with Gasteiger partial charge in [-0.25, -0.2) is 13.4 Å². The molecule has 0 unspecified atom stereocenters. The van der Waals surface area contributed by atoms with Gasteiger partial charge in [0.1, 0.15) is 5.70 Å². The molecule has 0 aliphatic carbocycles. The monoisotopic (exact) mass is 440 g/mol. The van der Waals surface area contributed by atoms with Crippen LogP contribution < -0.4 is 10.4 Å². The summed E-state index contributed by atoms with van der Waals surface area (Å²) >= 11 is 0. The Morgan fingerprint density at radius 3 is 2.23 bits per heavy atom. The van der Waals surface area contributed by atoms with Crippen LogP contribution in [0.3, 0.4) is 0 Å². The van der Waals surface area contributed by atoms with E-state index in [1.807, 2.05) is 25.1 Å². The van der Waals surface area contributed by atoms with Crippen molar-refractivity contribution in [3.63, 3.8) is 0 Å². The van der Waals surface area contributed by atoms with Crippen molar-refractivity contribution in [3.05, 3.63) is 71.9 Å². The summed E-state index contributed by atoms with van der Waals surface area (Å²) in [5.74, 6) is -0.405. The number of hydrogen-bond donors (Lipinski definition) is 1. The molecule has 1 N–H and O–H groups in total. The molecule has 2 aliphatic rings. The number of nitrogens with zero attached hydrogens (tertiary/aromatic N) is 3. The van der Waals surface area contributed by atoms with Gasteiger partial charge in [0.25, 0.3) is 5.91 Å². The Morgan fingerprint density at radius 1 is 0.935 bits per heavy atom. The average Bonchev–Trinajstić information content (AvgIpc) is 2.80. The number of amides is 2. The maximum Gasteiger partial charge on any atom is 0.271 e. The van der Waals surface area contributed by atoms with Crippen LogP contribution in [-0.4, -0.2) is 55.6 Å². The predicted octanol–water partition coefficient (Wildman–Crippen LogP) is 1.65. The Labute approximate surface area is 181 Å². The number of para-hydroxylation sites is 1. The van der Waals surface area contributed by atoms with Gasteiger partial charge < -0.3 is 4.90 Å². The molecule has 31 heavy (non-hydrogen) atoms. The second-order valence-corrected chi connectivity index (χ2v) is 9.45. The molecule has 2 heterocycles. The van der Waals surface area contributed by atoms with Crippen molar-refractivity contribution in [2.24, 2.45) is 0 Å². The van der Waals surface area contributed by atoms with Gasteiger partial charge in [0, 0.05) is 32.6 Å². The van der Waals surface area contributed by atoms with Gasteiger partial charge in [-0.05, 0) is 37.3 Å². The lowest BCUT2D eigenvalue weighted by molar-refractivity contribution is -0.129. The number of anilines is 1. The molecule has 2 aliphatic heterocycles. The number of rotatable bonds is 4. The number of aryl methyl sites for hydroxylation is 1. The van der Waals surface area contributed by atoms with Crippen molar-refractivity contribution in [2.45, 2.75) is 18.2 Å². The third kappa shape index (κ3) is 4.33. The first-order valence-corrected chi connectivity index (χ1v) is 11.5. The van der Waals surface area contributed by atoms with E-state index >= 15 is 0 Å². The van der Waals surface area contributed by atoms with Gasteiger partial charge in [-0.15, -0.1) is 0 Å². The fraction of sp³-hybridized carbons (Fsp3) is 0.273. The molecule has 1 fully saturated rings. The van der Waals surface area contributed by atoms with Crippen LogP contribution in [0.2, 0.25) is 0 Å². The number of sulfonamides is 1. The van der Waals surface area contributed by atoms with E-state index in [1.165, 1.54) is 9.31 Å². The summed E-state index contributed by atoms with van der Waals surface area (Å²) in [5, 5.41) is 1.37. The Hall–Kier alpha value is -3.17. The van der Waals surface area contributed by atoms with Crippen molar-refractivity contribution >= 4 is 27.5 Å². The summed E-state index contributed by atoms with van der Waals surface area (Å²) in [6.45, 7) is 2.90. The maximum atomic E-state index is 13.0. The van der Waals surface area contributed by atoms with Gasteiger partial charge >= 0.3 is 0 Å². The maximum absolute atomic E-state index is 13.0. The van der Waals surface area contributed by atoms with E-state index in [4.69, 9.17) is 0 Å². The van der Waals surface area contributed by atoms with E-state index in [0.29, 0.717) is 11.4 Å². The summed E-state index contributed by atoms with van der Waals surface area (Å²) < 4.78 is 27.1. The van der Waals surface area contributed by atoms with Crippen molar-refractivity contribution in [1.82, 2.24) is 14.6 Å². The third-order valence-corrected chi connectivity index (χ3v) is 7.30. The number of carbonyl (C=O) groups excluding carboxylic acids is 2. The molecule has 2 aromatic rings. The van der Waals surface area contributed by atoms with Crippen LogP contribution in [-0.2, 0) is 19.6 Å². The van der Waals surface area contributed by atoms with E-state index in [0.717, 1.165) is 5.56 Å². The Balaban J connectivity index is 1.41. The number of hydrogen-bond acceptors (Lipinski definition) is 5. The standard InChI is InChI=1S/C22H24N4O4S/c1-17-7-9-19(10-8-17)31(29,30)25-15-13-24(14-16-25)22(28)20-11-12-21(27)26(23-20)18-5-3-2-4-6-18/h2-11,23H,12-16H2,1H3. The number of carbonyl (C=O) groups is 2. The molecule has 0 aromatic heterocycles. The molecule has 8 nitrogen and oxygen atoms in total. The topological polar surface area (TPSA) is 90.0 Å². The fourth-order valence-corrected chi connectivity index (χ4v) is 5.01. The van der Waals surface area contributed by atoms with Crippen molar-refractivity contribution < 1.29 is 18.0 Å². The second kappa shape index (κ2) is 8.52. The van der Waals surface area contributed by atoms with Crippen molar-refractivity contribution in [3.8, 4) is 0 Å². The molecule has 9 heteroatoms. The summed E-state index contributed by atoms with van der Waals surface area (Å²) in [7, 11) is -3.59. The quantitative estimate of drug-likeness (QED) is 0.781. The van der Waals surface area contributed by atoms with Gasteiger partial charge in [0.15, 0.2) is 0 Å². The molecule has 0 saturated carbocycles. The van der Waals surface area contributed by atoms with E-state index in [1.54, 1.807) is 47.4 Å². The Bertz CT molecular complexity index is 1110.